The Kier molecular flexibility index (Phi) is 7.07. The maximum atomic E-state index is 11.7. The Morgan fingerprint density at radius 2 is 2.00 bits per heavy atom. The summed E-state index contributed by atoms with van der Waals surface area (Å²) in [7, 11) is 0. The lowest BCUT2D eigenvalue weighted by Gasteiger charge is -2.11. The zero-order valence-electron chi connectivity index (χ0n) is 8.79. The summed E-state index contributed by atoms with van der Waals surface area (Å²) in [6.07, 6.45) is -3.44. The molecular formula is C9H16F3NO3. The molecule has 0 aromatic carbocycles. The molecule has 1 atom stereocenters. The zero-order chi connectivity index (χ0) is 12.6. The maximum absolute atomic E-state index is 11.7. The maximum Gasteiger partial charge on any atom is 0.411 e. The van der Waals surface area contributed by atoms with Crippen LogP contribution >= 0.6 is 0 Å². The monoisotopic (exact) mass is 243 g/mol. The number of carbonyl (C=O) groups is 1. The lowest BCUT2D eigenvalue weighted by atomic mass is 10.00. The van der Waals surface area contributed by atoms with Crippen LogP contribution < -0.4 is 5.73 Å². The molecule has 4 nitrogen and oxygen atoms in total. The van der Waals surface area contributed by atoms with E-state index in [2.05, 4.69) is 4.74 Å². The van der Waals surface area contributed by atoms with E-state index in [1.807, 2.05) is 0 Å². The first-order valence-corrected chi connectivity index (χ1v) is 4.94. The number of carboxylic acids is 1. The fraction of sp³-hybridized carbons (Fsp3) is 0.889. The number of aliphatic carboxylic acids is 1. The molecule has 0 heterocycles. The Morgan fingerprint density at radius 1 is 1.38 bits per heavy atom. The molecule has 1 unspecified atom stereocenters. The van der Waals surface area contributed by atoms with Gasteiger partial charge in [0, 0.05) is 6.61 Å². The molecule has 0 saturated heterocycles. The SMILES string of the molecule is NCCC(CCCOCC(F)(F)F)C(=O)O. The normalized spacial score (nSPS) is 13.8. The number of carboxylic acid groups (broad SMARTS) is 1. The average molecular weight is 243 g/mol. The van der Waals surface area contributed by atoms with Gasteiger partial charge < -0.3 is 15.6 Å². The molecule has 96 valence electrons. The molecular weight excluding hydrogens is 227 g/mol. The van der Waals surface area contributed by atoms with Gasteiger partial charge in [0.25, 0.3) is 0 Å². The summed E-state index contributed by atoms with van der Waals surface area (Å²) in [5, 5.41) is 8.71. The Balaban J connectivity index is 3.59. The third kappa shape index (κ3) is 8.49. The molecule has 0 saturated carbocycles. The van der Waals surface area contributed by atoms with Crippen LogP contribution in [0.15, 0.2) is 0 Å². The van der Waals surface area contributed by atoms with Crippen molar-refractivity contribution in [2.45, 2.75) is 25.4 Å². The summed E-state index contributed by atoms with van der Waals surface area (Å²) < 4.78 is 39.3. The van der Waals surface area contributed by atoms with E-state index in [-0.39, 0.29) is 26.0 Å². The molecule has 0 bridgehead atoms. The summed E-state index contributed by atoms with van der Waals surface area (Å²) in [4.78, 5) is 10.6. The van der Waals surface area contributed by atoms with Crippen molar-refractivity contribution in [2.75, 3.05) is 19.8 Å². The molecule has 7 heteroatoms. The van der Waals surface area contributed by atoms with Gasteiger partial charge in [-0.25, -0.2) is 0 Å². The van der Waals surface area contributed by atoms with Gasteiger partial charge in [-0.1, -0.05) is 0 Å². The van der Waals surface area contributed by atoms with Gasteiger partial charge in [0.1, 0.15) is 6.61 Å². The highest BCUT2D eigenvalue weighted by molar-refractivity contribution is 5.69. The highest BCUT2D eigenvalue weighted by Gasteiger charge is 2.27. The van der Waals surface area contributed by atoms with Gasteiger partial charge in [0.2, 0.25) is 0 Å². The Morgan fingerprint density at radius 3 is 2.44 bits per heavy atom. The van der Waals surface area contributed by atoms with Crippen molar-refractivity contribution in [3.8, 4) is 0 Å². The van der Waals surface area contributed by atoms with Crippen molar-refractivity contribution in [3.05, 3.63) is 0 Å². The molecule has 0 radical (unpaired) electrons. The Bertz CT molecular complexity index is 209. The number of halogens is 3. The standard InChI is InChI=1S/C9H16F3NO3/c10-9(11,12)6-16-5-1-2-7(3-4-13)8(14)15/h7H,1-6,13H2,(H,14,15). The van der Waals surface area contributed by atoms with Crippen LogP contribution in [0.2, 0.25) is 0 Å². The third-order valence-corrected chi connectivity index (χ3v) is 1.97. The van der Waals surface area contributed by atoms with Crippen LogP contribution in [0.25, 0.3) is 0 Å². The van der Waals surface area contributed by atoms with Gasteiger partial charge in [0.05, 0.1) is 5.92 Å². The van der Waals surface area contributed by atoms with Crippen LogP contribution in [0, 0.1) is 5.92 Å². The second-order valence-corrected chi connectivity index (χ2v) is 3.42. The summed E-state index contributed by atoms with van der Waals surface area (Å²) in [6, 6.07) is 0. The Labute approximate surface area is 91.6 Å². The number of hydrogen-bond acceptors (Lipinski definition) is 3. The number of ether oxygens (including phenoxy) is 1. The quantitative estimate of drug-likeness (QED) is 0.632. The molecule has 0 aliphatic heterocycles. The minimum Gasteiger partial charge on any atom is -0.481 e. The molecule has 0 fully saturated rings. The van der Waals surface area contributed by atoms with Crippen molar-refractivity contribution in [2.24, 2.45) is 11.7 Å². The predicted molar refractivity (Wildman–Crippen MR) is 50.9 cm³/mol. The number of hydrogen-bond donors (Lipinski definition) is 2. The van der Waals surface area contributed by atoms with E-state index in [9.17, 15) is 18.0 Å². The first-order chi connectivity index (χ1) is 7.37. The van der Waals surface area contributed by atoms with Gasteiger partial charge in [-0.15, -0.1) is 0 Å². The van der Waals surface area contributed by atoms with Gasteiger partial charge in [-0.05, 0) is 25.8 Å². The van der Waals surface area contributed by atoms with Gasteiger partial charge in [-0.3, -0.25) is 4.79 Å². The van der Waals surface area contributed by atoms with Gasteiger partial charge >= 0.3 is 12.1 Å². The molecule has 0 aromatic heterocycles. The topological polar surface area (TPSA) is 72.5 Å². The molecule has 3 N–H and O–H groups in total. The second kappa shape index (κ2) is 7.45. The van der Waals surface area contributed by atoms with Crippen molar-refractivity contribution in [3.63, 3.8) is 0 Å². The summed E-state index contributed by atoms with van der Waals surface area (Å²) in [5.41, 5.74) is 5.21. The van der Waals surface area contributed by atoms with E-state index < -0.39 is 24.7 Å². The summed E-state index contributed by atoms with van der Waals surface area (Å²) >= 11 is 0. The molecule has 16 heavy (non-hydrogen) atoms. The number of nitrogens with two attached hydrogens (primary N) is 1. The zero-order valence-corrected chi connectivity index (χ0v) is 8.79. The fourth-order valence-electron chi connectivity index (χ4n) is 1.21. The molecule has 0 aromatic rings. The number of alkyl halides is 3. The van der Waals surface area contributed by atoms with Crippen molar-refractivity contribution in [1.29, 1.82) is 0 Å². The van der Waals surface area contributed by atoms with Gasteiger partial charge in [0.15, 0.2) is 0 Å². The second-order valence-electron chi connectivity index (χ2n) is 3.42. The smallest absolute Gasteiger partial charge is 0.411 e. The summed E-state index contributed by atoms with van der Waals surface area (Å²) in [5.74, 6) is -1.57. The lowest BCUT2D eigenvalue weighted by Crippen LogP contribution is -2.20. The third-order valence-electron chi connectivity index (χ3n) is 1.97. The fourth-order valence-corrected chi connectivity index (χ4v) is 1.21. The van der Waals surface area contributed by atoms with E-state index in [0.717, 1.165) is 0 Å². The molecule has 0 rings (SSSR count). The molecule has 0 aliphatic rings. The highest BCUT2D eigenvalue weighted by Crippen LogP contribution is 2.15. The van der Waals surface area contributed by atoms with Gasteiger partial charge in [-0.2, -0.15) is 13.2 Å². The largest absolute Gasteiger partial charge is 0.481 e. The molecule has 0 amide bonds. The number of rotatable bonds is 8. The van der Waals surface area contributed by atoms with Crippen LogP contribution in [-0.2, 0) is 9.53 Å². The minimum absolute atomic E-state index is 0.0894. The van der Waals surface area contributed by atoms with Crippen LogP contribution in [0.4, 0.5) is 13.2 Å². The van der Waals surface area contributed by atoms with Crippen LogP contribution in [0.3, 0.4) is 0 Å². The molecule has 0 spiro atoms. The van der Waals surface area contributed by atoms with Crippen molar-refractivity contribution in [1.82, 2.24) is 0 Å². The van der Waals surface area contributed by atoms with Crippen molar-refractivity contribution < 1.29 is 27.8 Å². The summed E-state index contributed by atoms with van der Waals surface area (Å²) in [6.45, 7) is -1.13. The molecule has 0 aliphatic carbocycles. The van der Waals surface area contributed by atoms with Crippen LogP contribution in [-0.4, -0.2) is 37.0 Å². The minimum atomic E-state index is -4.33. The van der Waals surface area contributed by atoms with E-state index in [1.165, 1.54) is 0 Å². The predicted octanol–water partition coefficient (Wildman–Crippen LogP) is 1.40. The lowest BCUT2D eigenvalue weighted by molar-refractivity contribution is -0.174. The van der Waals surface area contributed by atoms with E-state index in [1.54, 1.807) is 0 Å². The Hall–Kier alpha value is -0.820. The highest BCUT2D eigenvalue weighted by atomic mass is 19.4. The first kappa shape index (κ1) is 15.2. The van der Waals surface area contributed by atoms with Crippen LogP contribution in [0.5, 0.6) is 0 Å². The van der Waals surface area contributed by atoms with E-state index in [4.69, 9.17) is 10.8 Å². The van der Waals surface area contributed by atoms with Crippen molar-refractivity contribution >= 4 is 5.97 Å². The van der Waals surface area contributed by atoms with E-state index in [0.29, 0.717) is 6.42 Å². The van der Waals surface area contributed by atoms with Crippen LogP contribution in [0.1, 0.15) is 19.3 Å². The first-order valence-electron chi connectivity index (χ1n) is 4.94. The average Bonchev–Trinajstić information content (AvgIpc) is 2.13. The van der Waals surface area contributed by atoms with E-state index >= 15 is 0 Å².